The highest BCUT2D eigenvalue weighted by molar-refractivity contribution is 6.29. The summed E-state index contributed by atoms with van der Waals surface area (Å²) < 4.78 is 4.96. The van der Waals surface area contributed by atoms with E-state index < -0.39 is 5.60 Å². The number of hydrogen-bond acceptors (Lipinski definition) is 5. The summed E-state index contributed by atoms with van der Waals surface area (Å²) >= 11 is 5.65. The fourth-order valence-corrected chi connectivity index (χ4v) is 2.74. The largest absolute Gasteiger partial charge is 0.387 e. The van der Waals surface area contributed by atoms with Crippen LogP contribution in [0.1, 0.15) is 18.6 Å². The number of amides is 1. The van der Waals surface area contributed by atoms with Gasteiger partial charge >= 0.3 is 0 Å². The average Bonchev–Trinajstić information content (AvgIpc) is 2.92. The topological polar surface area (TPSA) is 69.8 Å². The first-order chi connectivity index (χ1) is 9.38. The van der Waals surface area contributed by atoms with E-state index in [-0.39, 0.29) is 5.91 Å². The molecule has 1 fully saturated rings. The van der Waals surface area contributed by atoms with Crippen molar-refractivity contribution in [3.63, 3.8) is 0 Å². The Morgan fingerprint density at radius 1 is 1.65 bits per heavy atom. The van der Waals surface area contributed by atoms with E-state index in [4.69, 9.17) is 16.1 Å². The van der Waals surface area contributed by atoms with Crippen molar-refractivity contribution in [1.29, 1.82) is 0 Å². The zero-order chi connectivity index (χ0) is 14.8. The number of carbonyl (C=O) groups is 1. The summed E-state index contributed by atoms with van der Waals surface area (Å²) in [5.41, 5.74) is -0.797. The molecule has 2 heterocycles. The molecule has 1 aliphatic heterocycles. The van der Waals surface area contributed by atoms with Crippen LogP contribution in [0.3, 0.4) is 0 Å². The van der Waals surface area contributed by atoms with Crippen LogP contribution in [0.5, 0.6) is 0 Å². The molecule has 20 heavy (non-hydrogen) atoms. The van der Waals surface area contributed by atoms with Crippen LogP contribution in [-0.4, -0.2) is 65.3 Å². The lowest BCUT2D eigenvalue weighted by atomic mass is 10.0. The number of aromatic nitrogens is 1. The number of likely N-dealkylation sites (tertiary alicyclic amines) is 1. The van der Waals surface area contributed by atoms with Crippen LogP contribution in [0.25, 0.3) is 0 Å². The van der Waals surface area contributed by atoms with Gasteiger partial charge in [0.1, 0.15) is 5.76 Å². The van der Waals surface area contributed by atoms with Gasteiger partial charge in [-0.3, -0.25) is 4.79 Å². The van der Waals surface area contributed by atoms with Crippen LogP contribution in [0.15, 0.2) is 10.6 Å². The molecule has 0 spiro atoms. The third-order valence-corrected chi connectivity index (χ3v) is 3.59. The molecule has 1 N–H and O–H groups in total. The number of nitrogens with zero attached hydrogens (tertiary/aromatic N) is 3. The fraction of sp³-hybridized carbons (Fsp3) is 0.692. The maximum Gasteiger partial charge on any atom is 0.223 e. The van der Waals surface area contributed by atoms with Gasteiger partial charge in [0, 0.05) is 32.0 Å². The van der Waals surface area contributed by atoms with Crippen LogP contribution in [-0.2, 0) is 11.2 Å². The molecule has 1 amide bonds. The van der Waals surface area contributed by atoms with Gasteiger partial charge < -0.3 is 19.4 Å². The molecular formula is C13H20ClN3O3. The molecule has 1 aliphatic rings. The third-order valence-electron chi connectivity index (χ3n) is 3.41. The van der Waals surface area contributed by atoms with Crippen molar-refractivity contribution in [2.24, 2.45) is 0 Å². The highest BCUT2D eigenvalue weighted by atomic mass is 35.5. The van der Waals surface area contributed by atoms with Crippen molar-refractivity contribution < 1.29 is 14.4 Å². The lowest BCUT2D eigenvalue weighted by Crippen LogP contribution is -2.43. The van der Waals surface area contributed by atoms with Crippen LogP contribution in [0.2, 0.25) is 5.15 Å². The van der Waals surface area contributed by atoms with Crippen molar-refractivity contribution >= 4 is 17.5 Å². The Morgan fingerprint density at radius 3 is 3.00 bits per heavy atom. The minimum atomic E-state index is -0.797. The van der Waals surface area contributed by atoms with E-state index >= 15 is 0 Å². The Labute approximate surface area is 123 Å². The van der Waals surface area contributed by atoms with Crippen LogP contribution in [0, 0.1) is 0 Å². The zero-order valence-corrected chi connectivity index (χ0v) is 12.6. The Morgan fingerprint density at radius 2 is 2.40 bits per heavy atom. The van der Waals surface area contributed by atoms with Crippen molar-refractivity contribution in [3.8, 4) is 0 Å². The quantitative estimate of drug-likeness (QED) is 0.870. The number of aliphatic hydroxyl groups is 1. The summed E-state index contributed by atoms with van der Waals surface area (Å²) in [6.45, 7) is 1.55. The van der Waals surface area contributed by atoms with Gasteiger partial charge in [0.05, 0.1) is 12.1 Å². The molecule has 112 valence electrons. The molecule has 7 heteroatoms. The van der Waals surface area contributed by atoms with Crippen molar-refractivity contribution in [2.75, 3.05) is 33.7 Å². The lowest BCUT2D eigenvalue weighted by Gasteiger charge is -2.26. The van der Waals surface area contributed by atoms with Crippen molar-refractivity contribution in [2.45, 2.75) is 24.9 Å². The van der Waals surface area contributed by atoms with E-state index in [1.807, 2.05) is 19.0 Å². The van der Waals surface area contributed by atoms with Gasteiger partial charge in [-0.1, -0.05) is 16.8 Å². The summed E-state index contributed by atoms with van der Waals surface area (Å²) in [5, 5.41) is 14.3. The van der Waals surface area contributed by atoms with Gasteiger partial charge in [0.15, 0.2) is 5.15 Å². The molecule has 6 nitrogen and oxygen atoms in total. The Bertz CT molecular complexity index is 477. The van der Waals surface area contributed by atoms with E-state index in [0.29, 0.717) is 49.8 Å². The Kier molecular flexibility index (Phi) is 4.67. The number of hydrogen-bond donors (Lipinski definition) is 1. The number of likely N-dealkylation sites (N-methyl/N-ethyl adjacent to an activating group) is 1. The van der Waals surface area contributed by atoms with Gasteiger partial charge in [-0.2, -0.15) is 0 Å². The highest BCUT2D eigenvalue weighted by Crippen LogP contribution is 2.23. The second-order valence-electron chi connectivity index (χ2n) is 5.64. The molecule has 0 radical (unpaired) electrons. The Hall–Kier alpha value is -1.11. The number of rotatable bonds is 5. The first kappa shape index (κ1) is 15.3. The van der Waals surface area contributed by atoms with E-state index in [1.165, 1.54) is 0 Å². The molecular weight excluding hydrogens is 282 g/mol. The molecule has 1 aromatic rings. The molecule has 0 unspecified atom stereocenters. The molecule has 1 atom stereocenters. The maximum absolute atomic E-state index is 12.1. The first-order valence-corrected chi connectivity index (χ1v) is 7.02. The van der Waals surface area contributed by atoms with Crippen LogP contribution in [0.4, 0.5) is 0 Å². The molecule has 0 aliphatic carbocycles. The predicted octanol–water partition coefficient (Wildman–Crippen LogP) is 0.786. The Balaban J connectivity index is 1.82. The van der Waals surface area contributed by atoms with Crippen molar-refractivity contribution in [1.82, 2.24) is 15.0 Å². The fourth-order valence-electron chi connectivity index (χ4n) is 2.58. The van der Waals surface area contributed by atoms with Gasteiger partial charge in [-0.05, 0) is 20.5 Å². The number of carbonyl (C=O) groups excluding carboxylic acids is 1. The van der Waals surface area contributed by atoms with E-state index in [9.17, 15) is 9.90 Å². The number of β-amino-alcohol motifs (C(OH)–C–C–N with tert-alkyl or cyclic N) is 1. The van der Waals surface area contributed by atoms with Gasteiger partial charge in [-0.25, -0.2) is 0 Å². The smallest absolute Gasteiger partial charge is 0.223 e. The molecule has 0 aromatic carbocycles. The molecule has 0 bridgehead atoms. The van der Waals surface area contributed by atoms with E-state index in [2.05, 4.69) is 5.16 Å². The molecule has 0 saturated carbocycles. The van der Waals surface area contributed by atoms with Gasteiger partial charge in [0.2, 0.25) is 5.91 Å². The minimum Gasteiger partial charge on any atom is -0.387 e. The van der Waals surface area contributed by atoms with Gasteiger partial charge in [-0.15, -0.1) is 0 Å². The number of aryl methyl sites for hydroxylation is 1. The second kappa shape index (κ2) is 6.11. The monoisotopic (exact) mass is 301 g/mol. The van der Waals surface area contributed by atoms with E-state index in [0.717, 1.165) is 0 Å². The van der Waals surface area contributed by atoms with Crippen LogP contribution >= 0.6 is 11.6 Å². The summed E-state index contributed by atoms with van der Waals surface area (Å²) in [7, 11) is 3.83. The average molecular weight is 302 g/mol. The van der Waals surface area contributed by atoms with Gasteiger partial charge in [0.25, 0.3) is 0 Å². The summed E-state index contributed by atoms with van der Waals surface area (Å²) in [4.78, 5) is 15.7. The van der Waals surface area contributed by atoms with E-state index in [1.54, 1.807) is 11.0 Å². The first-order valence-electron chi connectivity index (χ1n) is 6.64. The third kappa shape index (κ3) is 3.94. The SMILES string of the molecule is CN(C)C[C@@]1(O)CCN(C(=O)CCc2cc(Cl)no2)C1. The van der Waals surface area contributed by atoms with Crippen molar-refractivity contribution in [3.05, 3.63) is 17.0 Å². The standard InChI is InChI=1S/C13H20ClN3O3/c1-16(2)8-13(19)5-6-17(9-13)12(18)4-3-10-7-11(14)15-20-10/h7,19H,3-6,8-9H2,1-2H3/t13-/m0/s1. The molecule has 1 aromatic heterocycles. The maximum atomic E-state index is 12.1. The highest BCUT2D eigenvalue weighted by Gasteiger charge is 2.38. The predicted molar refractivity (Wildman–Crippen MR) is 74.5 cm³/mol. The summed E-state index contributed by atoms with van der Waals surface area (Å²) in [5.74, 6) is 0.623. The second-order valence-corrected chi connectivity index (χ2v) is 6.03. The minimum absolute atomic E-state index is 0.0206. The van der Waals surface area contributed by atoms with Crippen LogP contribution < -0.4 is 0 Å². The molecule has 1 saturated heterocycles. The molecule has 2 rings (SSSR count). The summed E-state index contributed by atoms with van der Waals surface area (Å²) in [6.07, 6.45) is 1.43. The number of halogens is 1. The lowest BCUT2D eigenvalue weighted by molar-refractivity contribution is -0.131. The zero-order valence-electron chi connectivity index (χ0n) is 11.8. The normalized spacial score (nSPS) is 22.8. The summed E-state index contributed by atoms with van der Waals surface area (Å²) in [6, 6.07) is 1.61.